The summed E-state index contributed by atoms with van der Waals surface area (Å²) < 4.78 is 5.41. The lowest BCUT2D eigenvalue weighted by molar-refractivity contribution is -0.384. The molecule has 0 saturated heterocycles. The predicted molar refractivity (Wildman–Crippen MR) is 64.1 cm³/mol. The van der Waals surface area contributed by atoms with Crippen molar-refractivity contribution < 1.29 is 9.34 Å². The summed E-state index contributed by atoms with van der Waals surface area (Å²) in [4.78, 5) is 10.3. The van der Waals surface area contributed by atoms with Crippen molar-refractivity contribution in [2.45, 2.75) is 0 Å². The molecule has 16 heavy (non-hydrogen) atoms. The first-order valence-corrected chi connectivity index (χ1v) is 5.47. The van der Waals surface area contributed by atoms with Crippen LogP contribution in [0.15, 0.2) is 22.6 Å². The van der Waals surface area contributed by atoms with E-state index in [4.69, 9.17) is 16.0 Å². The average Bonchev–Trinajstić information content (AvgIpc) is 2.64. The summed E-state index contributed by atoms with van der Waals surface area (Å²) in [6, 6.07) is 4.35. The van der Waals surface area contributed by atoms with E-state index in [0.29, 0.717) is 3.90 Å². The Labute approximate surface area is 108 Å². The molecule has 0 aliphatic rings. The summed E-state index contributed by atoms with van der Waals surface area (Å²) in [5.74, 6) is 0.0432. The lowest BCUT2D eigenvalue weighted by Gasteiger charge is -1.99. The van der Waals surface area contributed by atoms with Crippen LogP contribution in [0.25, 0.3) is 11.5 Å². The molecule has 0 fully saturated rings. The third kappa shape index (κ3) is 2.00. The molecule has 6 nitrogen and oxygen atoms in total. The molecule has 0 amide bonds. The maximum Gasteiger partial charge on any atom is 0.283 e. The molecule has 1 aromatic heterocycles. The van der Waals surface area contributed by atoms with Crippen molar-refractivity contribution in [1.82, 2.24) is 10.2 Å². The number of nitro groups is 1. The van der Waals surface area contributed by atoms with Gasteiger partial charge in [-0.25, -0.2) is 0 Å². The van der Waals surface area contributed by atoms with Crippen LogP contribution in [0.3, 0.4) is 0 Å². The van der Waals surface area contributed by atoms with E-state index in [1.165, 1.54) is 18.2 Å². The first-order chi connectivity index (χ1) is 7.59. The van der Waals surface area contributed by atoms with Gasteiger partial charge >= 0.3 is 0 Å². The lowest BCUT2D eigenvalue weighted by atomic mass is 10.2. The summed E-state index contributed by atoms with van der Waals surface area (Å²) in [6.07, 6.45) is 0. The molecule has 0 bridgehead atoms. The van der Waals surface area contributed by atoms with Crippen LogP contribution in [-0.2, 0) is 0 Å². The molecule has 0 aliphatic heterocycles. The minimum Gasteiger partial charge on any atom is -0.411 e. The second-order valence-electron chi connectivity index (χ2n) is 2.75. The first-order valence-electron chi connectivity index (χ1n) is 4.02. The van der Waals surface area contributed by atoms with Crippen molar-refractivity contribution in [2.24, 2.45) is 0 Å². The molecule has 0 spiro atoms. The minimum absolute atomic E-state index is 0.0432. The van der Waals surface area contributed by atoms with Crippen LogP contribution in [0.2, 0.25) is 5.02 Å². The zero-order chi connectivity index (χ0) is 11.7. The van der Waals surface area contributed by atoms with Crippen molar-refractivity contribution in [3.8, 4) is 11.5 Å². The summed E-state index contributed by atoms with van der Waals surface area (Å²) >= 11 is 7.70. The van der Waals surface area contributed by atoms with Gasteiger partial charge in [0, 0.05) is 28.7 Å². The highest BCUT2D eigenvalue weighted by Crippen LogP contribution is 2.35. The van der Waals surface area contributed by atoms with Gasteiger partial charge in [-0.15, -0.1) is 10.2 Å². The van der Waals surface area contributed by atoms with E-state index < -0.39 is 4.92 Å². The maximum absolute atomic E-state index is 10.8. The number of hydrogen-bond donors (Lipinski definition) is 0. The molecule has 0 aliphatic carbocycles. The van der Waals surface area contributed by atoms with Crippen molar-refractivity contribution >= 4 is 39.9 Å². The predicted octanol–water partition coefficient (Wildman–Crippen LogP) is 2.90. The summed E-state index contributed by atoms with van der Waals surface area (Å²) in [6.45, 7) is 0. The highest BCUT2D eigenvalue weighted by Gasteiger charge is 2.22. The highest BCUT2D eigenvalue weighted by atomic mass is 127. The van der Waals surface area contributed by atoms with Gasteiger partial charge < -0.3 is 4.42 Å². The smallest absolute Gasteiger partial charge is 0.283 e. The van der Waals surface area contributed by atoms with E-state index in [1.54, 1.807) is 0 Å². The Kier molecular flexibility index (Phi) is 3.06. The molecule has 1 aromatic carbocycles. The largest absolute Gasteiger partial charge is 0.411 e. The van der Waals surface area contributed by atoms with E-state index in [2.05, 4.69) is 10.2 Å². The standard InChI is InChI=1S/C8H3ClIN3O3/c9-4-2-1-3-5(13(14)15)6(4)7-11-12-8(10)16-7/h1-3H. The molecule has 8 heteroatoms. The number of nitrogens with zero attached hydrogens (tertiary/aromatic N) is 3. The fourth-order valence-electron chi connectivity index (χ4n) is 1.18. The Morgan fingerprint density at radius 2 is 2.19 bits per heavy atom. The summed E-state index contributed by atoms with van der Waals surface area (Å²) in [5, 5.41) is 18.3. The number of hydrogen-bond acceptors (Lipinski definition) is 5. The molecule has 82 valence electrons. The summed E-state index contributed by atoms with van der Waals surface area (Å²) in [7, 11) is 0. The van der Waals surface area contributed by atoms with Gasteiger partial charge in [0.25, 0.3) is 15.5 Å². The maximum atomic E-state index is 10.8. The van der Waals surface area contributed by atoms with E-state index in [0.717, 1.165) is 0 Å². The van der Waals surface area contributed by atoms with Crippen LogP contribution < -0.4 is 0 Å². The number of aromatic nitrogens is 2. The van der Waals surface area contributed by atoms with Crippen LogP contribution in [0.1, 0.15) is 0 Å². The average molecular weight is 351 g/mol. The lowest BCUT2D eigenvalue weighted by Crippen LogP contribution is -1.92. The first kappa shape index (κ1) is 11.3. The van der Waals surface area contributed by atoms with Crippen LogP contribution in [0, 0.1) is 14.0 Å². The van der Waals surface area contributed by atoms with Gasteiger partial charge in [-0.05, 0) is 6.07 Å². The molecule has 0 saturated carbocycles. The molecule has 2 rings (SSSR count). The minimum atomic E-state index is -0.543. The van der Waals surface area contributed by atoms with E-state index >= 15 is 0 Å². The number of halogens is 2. The van der Waals surface area contributed by atoms with Crippen LogP contribution >= 0.6 is 34.2 Å². The van der Waals surface area contributed by atoms with E-state index in [1.807, 2.05) is 22.6 Å². The van der Waals surface area contributed by atoms with Crippen molar-refractivity contribution in [3.05, 3.63) is 37.2 Å². The Balaban J connectivity index is 2.67. The van der Waals surface area contributed by atoms with E-state index in [-0.39, 0.29) is 22.2 Å². The van der Waals surface area contributed by atoms with Gasteiger partial charge in [0.15, 0.2) is 0 Å². The van der Waals surface area contributed by atoms with Gasteiger partial charge in [0.05, 0.1) is 9.95 Å². The van der Waals surface area contributed by atoms with Crippen molar-refractivity contribution in [1.29, 1.82) is 0 Å². The van der Waals surface area contributed by atoms with Gasteiger partial charge in [-0.2, -0.15) is 0 Å². The highest BCUT2D eigenvalue weighted by molar-refractivity contribution is 14.1. The second kappa shape index (κ2) is 4.34. The number of rotatable bonds is 2. The van der Waals surface area contributed by atoms with Gasteiger partial charge in [0.2, 0.25) is 0 Å². The quantitative estimate of drug-likeness (QED) is 0.472. The number of nitro benzene ring substituents is 1. The zero-order valence-electron chi connectivity index (χ0n) is 7.55. The molecular formula is C8H3ClIN3O3. The van der Waals surface area contributed by atoms with E-state index in [9.17, 15) is 10.1 Å². The molecular weight excluding hydrogens is 348 g/mol. The molecule has 0 N–H and O–H groups in total. The fraction of sp³-hybridized carbons (Fsp3) is 0. The van der Waals surface area contributed by atoms with Gasteiger partial charge in [0.1, 0.15) is 5.56 Å². The Bertz CT molecular complexity index is 557. The Morgan fingerprint density at radius 1 is 1.44 bits per heavy atom. The molecule has 0 radical (unpaired) electrons. The summed E-state index contributed by atoms with van der Waals surface area (Å²) in [5.41, 5.74) is -0.0165. The van der Waals surface area contributed by atoms with Crippen LogP contribution in [-0.4, -0.2) is 15.1 Å². The third-order valence-corrected chi connectivity index (χ3v) is 2.55. The van der Waals surface area contributed by atoms with Gasteiger partial charge in [-0.3, -0.25) is 10.1 Å². The Morgan fingerprint density at radius 3 is 2.75 bits per heavy atom. The monoisotopic (exact) mass is 351 g/mol. The molecule has 0 unspecified atom stereocenters. The van der Waals surface area contributed by atoms with Crippen molar-refractivity contribution in [3.63, 3.8) is 0 Å². The molecule has 1 heterocycles. The molecule has 0 atom stereocenters. The SMILES string of the molecule is O=[N+]([O-])c1cccc(Cl)c1-c1nnc(I)o1. The number of benzene rings is 1. The molecule has 2 aromatic rings. The van der Waals surface area contributed by atoms with Gasteiger partial charge in [-0.1, -0.05) is 17.7 Å². The fourth-order valence-corrected chi connectivity index (χ4v) is 1.75. The Hall–Kier alpha value is -1.22. The topological polar surface area (TPSA) is 82.1 Å². The van der Waals surface area contributed by atoms with Crippen LogP contribution in [0.5, 0.6) is 0 Å². The normalized spacial score (nSPS) is 10.4. The van der Waals surface area contributed by atoms with Crippen LogP contribution in [0.4, 0.5) is 5.69 Å². The third-order valence-electron chi connectivity index (χ3n) is 1.80. The van der Waals surface area contributed by atoms with Crippen molar-refractivity contribution in [2.75, 3.05) is 0 Å². The second-order valence-corrected chi connectivity index (χ2v) is 4.08. The zero-order valence-corrected chi connectivity index (χ0v) is 10.5.